The van der Waals surface area contributed by atoms with E-state index in [0.29, 0.717) is 9.96 Å². The first-order valence-corrected chi connectivity index (χ1v) is 9.12. The van der Waals surface area contributed by atoms with E-state index in [9.17, 15) is 19.2 Å². The van der Waals surface area contributed by atoms with Gasteiger partial charge in [-0.05, 0) is 53.7 Å². The van der Waals surface area contributed by atoms with E-state index in [1.807, 2.05) is 0 Å². The fraction of sp³-hybridized carbons (Fsp3) is 0.500. The van der Waals surface area contributed by atoms with Gasteiger partial charge in [-0.25, -0.2) is 24.1 Å². The van der Waals surface area contributed by atoms with Gasteiger partial charge in [0.1, 0.15) is 11.2 Å². The highest BCUT2D eigenvalue weighted by Gasteiger charge is 2.50. The molecule has 2 rings (SSSR count). The third-order valence-corrected chi connectivity index (χ3v) is 3.54. The van der Waals surface area contributed by atoms with Gasteiger partial charge in [-0.15, -0.1) is 5.06 Å². The van der Waals surface area contributed by atoms with Gasteiger partial charge in [-0.3, -0.25) is 0 Å². The molecule has 0 bridgehead atoms. The zero-order valence-corrected chi connectivity index (χ0v) is 17.4. The molecule has 1 saturated heterocycles. The normalized spacial score (nSPS) is 17.2. The molecule has 1 aromatic carbocycles. The molecule has 1 aliphatic rings. The van der Waals surface area contributed by atoms with Crippen LogP contribution in [-0.2, 0) is 19.1 Å². The Balaban J connectivity index is 2.27. The molecule has 3 amide bonds. The van der Waals surface area contributed by atoms with Crippen molar-refractivity contribution in [2.45, 2.75) is 58.8 Å². The lowest BCUT2D eigenvalue weighted by atomic mass is 10.2. The summed E-state index contributed by atoms with van der Waals surface area (Å²) < 4.78 is 10.5. The minimum Gasteiger partial charge on any atom is -0.458 e. The Morgan fingerprint density at radius 1 is 0.931 bits per heavy atom. The standard InChI is InChI=1S/C20H26N2O7/c1-19(2,3)27-16(24)14-12-21(18(26)28-20(4,5)6)17(25)22(14)29-15(23)13-10-8-7-9-11-13/h7-11,14H,12H2,1-6H3/t14-/m0/s1. The second kappa shape index (κ2) is 8.10. The van der Waals surface area contributed by atoms with E-state index in [0.717, 1.165) is 0 Å². The molecule has 0 radical (unpaired) electrons. The van der Waals surface area contributed by atoms with Crippen LogP contribution in [0.3, 0.4) is 0 Å². The van der Waals surface area contributed by atoms with Gasteiger partial charge in [0.2, 0.25) is 0 Å². The molecule has 9 heteroatoms. The lowest BCUT2D eigenvalue weighted by Crippen LogP contribution is -2.44. The summed E-state index contributed by atoms with van der Waals surface area (Å²) in [7, 11) is 0. The molecule has 0 N–H and O–H groups in total. The third-order valence-electron chi connectivity index (χ3n) is 3.54. The van der Waals surface area contributed by atoms with Gasteiger partial charge < -0.3 is 14.3 Å². The smallest absolute Gasteiger partial charge is 0.418 e. The monoisotopic (exact) mass is 406 g/mol. The van der Waals surface area contributed by atoms with E-state index in [4.69, 9.17) is 14.3 Å². The maximum atomic E-state index is 12.7. The summed E-state index contributed by atoms with van der Waals surface area (Å²) in [6.45, 7) is 9.54. The predicted octanol–water partition coefficient (Wildman–Crippen LogP) is 3.14. The van der Waals surface area contributed by atoms with Crippen molar-refractivity contribution in [2.24, 2.45) is 0 Å². The van der Waals surface area contributed by atoms with E-state index in [1.165, 1.54) is 12.1 Å². The molecule has 0 aromatic heterocycles. The quantitative estimate of drug-likeness (QED) is 0.711. The average molecular weight is 406 g/mol. The molecule has 1 heterocycles. The van der Waals surface area contributed by atoms with Crippen LogP contribution < -0.4 is 0 Å². The average Bonchev–Trinajstić information content (AvgIpc) is 2.90. The van der Waals surface area contributed by atoms with Crippen LogP contribution in [0.25, 0.3) is 0 Å². The number of urea groups is 1. The van der Waals surface area contributed by atoms with Crippen molar-refractivity contribution >= 4 is 24.1 Å². The van der Waals surface area contributed by atoms with Crippen LogP contribution >= 0.6 is 0 Å². The van der Waals surface area contributed by atoms with Gasteiger partial charge in [-0.2, -0.15) is 0 Å². The van der Waals surface area contributed by atoms with Crippen LogP contribution in [0.2, 0.25) is 0 Å². The number of hydrogen-bond donors (Lipinski definition) is 0. The Bertz CT molecular complexity index is 793. The number of ether oxygens (including phenoxy) is 2. The molecule has 158 valence electrons. The highest BCUT2D eigenvalue weighted by molar-refractivity contribution is 5.98. The Morgan fingerprint density at radius 2 is 1.48 bits per heavy atom. The molecule has 0 aliphatic carbocycles. The molecule has 9 nitrogen and oxygen atoms in total. The first-order chi connectivity index (χ1) is 13.3. The Labute approximate surface area is 169 Å². The fourth-order valence-corrected chi connectivity index (χ4v) is 2.41. The van der Waals surface area contributed by atoms with Crippen LogP contribution in [0.5, 0.6) is 0 Å². The fourth-order valence-electron chi connectivity index (χ4n) is 2.41. The highest BCUT2D eigenvalue weighted by atomic mass is 16.7. The summed E-state index contributed by atoms with van der Waals surface area (Å²) in [5.74, 6) is -1.66. The van der Waals surface area contributed by atoms with E-state index in [1.54, 1.807) is 59.7 Å². The molecule has 1 fully saturated rings. The van der Waals surface area contributed by atoms with Gasteiger partial charge in [0.05, 0.1) is 12.1 Å². The van der Waals surface area contributed by atoms with Gasteiger partial charge >= 0.3 is 24.1 Å². The first-order valence-electron chi connectivity index (χ1n) is 9.12. The van der Waals surface area contributed by atoms with Gasteiger partial charge in [-0.1, -0.05) is 18.2 Å². The number of carbonyl (C=O) groups is 4. The lowest BCUT2D eigenvalue weighted by Gasteiger charge is -2.25. The summed E-state index contributed by atoms with van der Waals surface area (Å²) in [5, 5.41) is 0.563. The van der Waals surface area contributed by atoms with Crippen LogP contribution in [0, 0.1) is 0 Å². The number of amides is 3. The minimum absolute atomic E-state index is 0.180. The SMILES string of the molecule is CC(C)(C)OC(=O)[C@@H]1CN(C(=O)OC(C)(C)C)C(=O)N1OC(=O)c1ccccc1. The molecule has 0 spiro atoms. The van der Waals surface area contributed by atoms with E-state index in [-0.39, 0.29) is 12.1 Å². The van der Waals surface area contributed by atoms with Crippen LogP contribution in [0.4, 0.5) is 9.59 Å². The zero-order valence-electron chi connectivity index (χ0n) is 17.4. The Kier molecular flexibility index (Phi) is 6.20. The maximum absolute atomic E-state index is 12.7. The minimum atomic E-state index is -1.32. The molecule has 29 heavy (non-hydrogen) atoms. The second-order valence-corrected chi connectivity index (χ2v) is 8.49. The van der Waals surface area contributed by atoms with Crippen molar-refractivity contribution in [3.63, 3.8) is 0 Å². The number of rotatable bonds is 3. The van der Waals surface area contributed by atoms with Crippen molar-refractivity contribution in [3.05, 3.63) is 35.9 Å². The summed E-state index contributed by atoms with van der Waals surface area (Å²) in [6, 6.07) is 5.65. The van der Waals surface area contributed by atoms with Crippen molar-refractivity contribution in [1.29, 1.82) is 0 Å². The number of esters is 1. The van der Waals surface area contributed by atoms with E-state index < -0.39 is 41.3 Å². The second-order valence-electron chi connectivity index (χ2n) is 8.49. The zero-order chi connectivity index (χ0) is 22.0. The maximum Gasteiger partial charge on any atom is 0.418 e. The van der Waals surface area contributed by atoms with Crippen molar-refractivity contribution in [1.82, 2.24) is 9.96 Å². The summed E-state index contributed by atoms with van der Waals surface area (Å²) in [6.07, 6.45) is -0.950. The first kappa shape index (κ1) is 22.2. The van der Waals surface area contributed by atoms with Gasteiger partial charge in [0.25, 0.3) is 0 Å². The van der Waals surface area contributed by atoms with Gasteiger partial charge in [0.15, 0.2) is 6.04 Å². The van der Waals surface area contributed by atoms with E-state index >= 15 is 0 Å². The number of carbonyl (C=O) groups excluding carboxylic acids is 4. The van der Waals surface area contributed by atoms with Crippen LogP contribution in [0.1, 0.15) is 51.9 Å². The van der Waals surface area contributed by atoms with Crippen molar-refractivity contribution in [3.8, 4) is 0 Å². The summed E-state index contributed by atoms with van der Waals surface area (Å²) in [4.78, 5) is 56.0. The summed E-state index contributed by atoms with van der Waals surface area (Å²) >= 11 is 0. The van der Waals surface area contributed by atoms with Gasteiger partial charge in [0, 0.05) is 0 Å². The number of nitrogens with zero attached hydrogens (tertiary/aromatic N) is 2. The van der Waals surface area contributed by atoms with Crippen LogP contribution in [0.15, 0.2) is 30.3 Å². The molecule has 1 atom stereocenters. The number of hydrogen-bond acceptors (Lipinski definition) is 7. The molecular formula is C20H26N2O7. The van der Waals surface area contributed by atoms with Crippen LogP contribution in [-0.4, -0.2) is 57.8 Å². The predicted molar refractivity (Wildman–Crippen MR) is 102 cm³/mol. The molecular weight excluding hydrogens is 380 g/mol. The molecule has 1 aliphatic heterocycles. The van der Waals surface area contributed by atoms with Crippen molar-refractivity contribution in [2.75, 3.05) is 6.54 Å². The number of benzene rings is 1. The molecule has 0 saturated carbocycles. The summed E-state index contributed by atoms with van der Waals surface area (Å²) in [5.41, 5.74) is -1.51. The topological polar surface area (TPSA) is 102 Å². The molecule has 1 aromatic rings. The number of imide groups is 1. The van der Waals surface area contributed by atoms with E-state index in [2.05, 4.69) is 0 Å². The van der Waals surface area contributed by atoms with Crippen molar-refractivity contribution < 1.29 is 33.5 Å². The largest absolute Gasteiger partial charge is 0.458 e. The Morgan fingerprint density at radius 3 is 2.00 bits per heavy atom. The number of hydroxylamine groups is 2. The Hall–Kier alpha value is -3.10. The molecule has 0 unspecified atom stereocenters. The third kappa shape index (κ3) is 5.94. The highest BCUT2D eigenvalue weighted by Crippen LogP contribution is 2.23. The lowest BCUT2D eigenvalue weighted by molar-refractivity contribution is -0.170.